The normalized spacial score (nSPS) is 14.1. The molecule has 0 aliphatic carbocycles. The zero-order valence-electron chi connectivity index (χ0n) is 19.3. The molecule has 2 amide bonds. The predicted molar refractivity (Wildman–Crippen MR) is 127 cm³/mol. The molecule has 11 nitrogen and oxygen atoms in total. The monoisotopic (exact) mass is 517 g/mol. The van der Waals surface area contributed by atoms with Gasteiger partial charge >= 0.3 is 6.36 Å². The van der Waals surface area contributed by atoms with E-state index in [0.29, 0.717) is 37.4 Å². The van der Waals surface area contributed by atoms with Crippen LogP contribution in [0.25, 0.3) is 11.1 Å². The highest BCUT2D eigenvalue weighted by Crippen LogP contribution is 2.31. The summed E-state index contributed by atoms with van der Waals surface area (Å²) < 4.78 is 47.9. The smallest absolute Gasteiger partial charge is 0.404 e. The summed E-state index contributed by atoms with van der Waals surface area (Å²) in [6.07, 6.45) is -0.454. The molecule has 1 fully saturated rings. The fourth-order valence-corrected chi connectivity index (χ4v) is 3.45. The van der Waals surface area contributed by atoms with E-state index in [1.807, 2.05) is 0 Å². The van der Waals surface area contributed by atoms with Crippen molar-refractivity contribution in [3.8, 4) is 16.9 Å². The minimum Gasteiger partial charge on any atom is -0.404 e. The summed E-state index contributed by atoms with van der Waals surface area (Å²) in [6.45, 7) is 1.88. The number of alkyl halides is 3. The number of nitrogens with two attached hydrogens (primary N) is 1. The van der Waals surface area contributed by atoms with Crippen LogP contribution in [0.15, 0.2) is 48.9 Å². The first-order valence-electron chi connectivity index (χ1n) is 11.0. The Morgan fingerprint density at radius 1 is 1.00 bits per heavy atom. The van der Waals surface area contributed by atoms with Gasteiger partial charge in [-0.05, 0) is 30.3 Å². The Kier molecular flexibility index (Phi) is 7.79. The molecule has 1 aromatic carbocycles. The first-order valence-corrected chi connectivity index (χ1v) is 11.0. The van der Waals surface area contributed by atoms with Crippen molar-refractivity contribution < 1.29 is 32.2 Å². The van der Waals surface area contributed by atoms with Crippen LogP contribution in [0.3, 0.4) is 0 Å². The van der Waals surface area contributed by atoms with Crippen molar-refractivity contribution >= 4 is 29.3 Å². The van der Waals surface area contributed by atoms with Crippen LogP contribution in [0, 0.1) is 0 Å². The Bertz CT molecular complexity index is 1250. The van der Waals surface area contributed by atoms with Gasteiger partial charge < -0.3 is 25.8 Å². The molecule has 0 unspecified atom stereocenters. The Hall–Kier alpha value is -4.30. The molecule has 3 heterocycles. The summed E-state index contributed by atoms with van der Waals surface area (Å²) in [5.74, 6) is -1.54. The minimum atomic E-state index is -4.99. The molecular weight excluding hydrogens is 495 g/mol. The number of aromatic nitrogens is 3. The highest BCUT2D eigenvalue weighted by Gasteiger charge is 2.32. The summed E-state index contributed by atoms with van der Waals surface area (Å²) in [7, 11) is 0. The molecule has 4 rings (SSSR count). The molecule has 1 aliphatic rings. The summed E-state index contributed by atoms with van der Waals surface area (Å²) in [5, 5.41) is 4.97. The lowest BCUT2D eigenvalue weighted by Crippen LogP contribution is -2.41. The second kappa shape index (κ2) is 11.2. The van der Waals surface area contributed by atoms with Crippen molar-refractivity contribution in [2.75, 3.05) is 49.2 Å². The van der Waals surface area contributed by atoms with Crippen molar-refractivity contribution in [2.45, 2.75) is 6.36 Å². The number of pyridine rings is 1. The van der Waals surface area contributed by atoms with E-state index in [2.05, 4.69) is 30.3 Å². The van der Waals surface area contributed by atoms with E-state index in [1.54, 1.807) is 11.0 Å². The van der Waals surface area contributed by atoms with Crippen LogP contribution >= 0.6 is 0 Å². The lowest BCUT2D eigenvalue weighted by atomic mass is 10.1. The van der Waals surface area contributed by atoms with Gasteiger partial charge in [-0.15, -0.1) is 13.2 Å². The maximum Gasteiger partial charge on any atom is 0.573 e. The van der Waals surface area contributed by atoms with E-state index in [4.69, 9.17) is 10.5 Å². The number of hydrogen-bond acceptors (Lipinski definition) is 9. The van der Waals surface area contributed by atoms with Crippen LogP contribution in [-0.4, -0.2) is 70.9 Å². The third-order valence-electron chi connectivity index (χ3n) is 5.22. The molecule has 14 heteroatoms. The number of rotatable bonds is 7. The maximum atomic E-state index is 12.9. The van der Waals surface area contributed by atoms with E-state index < -0.39 is 23.9 Å². The van der Waals surface area contributed by atoms with Crippen LogP contribution in [0.2, 0.25) is 0 Å². The fraction of sp³-hybridized carbons (Fsp3) is 0.261. The van der Waals surface area contributed by atoms with Gasteiger partial charge in [-0.3, -0.25) is 14.5 Å². The lowest BCUT2D eigenvalue weighted by Gasteiger charge is -2.26. The highest BCUT2D eigenvalue weighted by molar-refractivity contribution is 6.05. The Morgan fingerprint density at radius 2 is 1.70 bits per heavy atom. The van der Waals surface area contributed by atoms with E-state index in [0.717, 1.165) is 18.2 Å². The summed E-state index contributed by atoms with van der Waals surface area (Å²) in [6, 6.07) is 6.43. The van der Waals surface area contributed by atoms with Crippen LogP contribution in [0.1, 0.15) is 10.4 Å². The maximum absolute atomic E-state index is 12.9. The van der Waals surface area contributed by atoms with Crippen molar-refractivity contribution in [3.05, 3.63) is 54.5 Å². The van der Waals surface area contributed by atoms with Crippen molar-refractivity contribution in [3.63, 3.8) is 0 Å². The number of hydrogen-bond donors (Lipinski definition) is 3. The van der Waals surface area contributed by atoms with Crippen molar-refractivity contribution in [1.82, 2.24) is 19.9 Å². The second-order valence-corrected chi connectivity index (χ2v) is 7.91. The minimum absolute atomic E-state index is 0.0194. The number of anilines is 3. The van der Waals surface area contributed by atoms with E-state index in [-0.39, 0.29) is 29.6 Å². The average molecular weight is 517 g/mol. The molecule has 1 saturated heterocycles. The quantitative estimate of drug-likeness (QED) is 0.431. The number of carbonyl (C=O) groups is 2. The lowest BCUT2D eigenvalue weighted by molar-refractivity contribution is -0.274. The molecule has 4 N–H and O–H groups in total. The van der Waals surface area contributed by atoms with Gasteiger partial charge in [-0.25, -0.2) is 15.0 Å². The predicted octanol–water partition coefficient (Wildman–Crippen LogP) is 2.54. The molecule has 0 radical (unpaired) electrons. The molecule has 0 saturated carbocycles. The third kappa shape index (κ3) is 7.35. The molecule has 0 bridgehead atoms. The van der Waals surface area contributed by atoms with Gasteiger partial charge in [-0.2, -0.15) is 0 Å². The molecule has 3 aromatic rings. The highest BCUT2D eigenvalue weighted by atomic mass is 19.4. The largest absolute Gasteiger partial charge is 0.573 e. The van der Waals surface area contributed by atoms with Gasteiger partial charge in [-0.1, -0.05) is 0 Å². The number of benzene rings is 1. The number of ether oxygens (including phenoxy) is 2. The van der Waals surface area contributed by atoms with E-state index in [9.17, 15) is 22.8 Å². The molecular formula is C23H22F3N7O4. The topological polar surface area (TPSA) is 145 Å². The zero-order valence-corrected chi connectivity index (χ0v) is 19.3. The Balaban J connectivity index is 1.48. The van der Waals surface area contributed by atoms with Crippen LogP contribution < -0.4 is 21.1 Å². The standard InChI is InChI=1S/C23H22F3N7O4/c24-23(25,26)37-18-3-1-14(9-17(18)31-20(34)13-33-5-7-36-8-6-33)21(35)32-19-4-2-15(10-28-19)16-11-29-22(27)30-12-16/h1-4,9-12H,5-8,13H2,(H,31,34)(H2,27,29,30)(H,28,32,35). The van der Waals surface area contributed by atoms with Crippen molar-refractivity contribution in [1.29, 1.82) is 0 Å². The number of halogens is 3. The van der Waals surface area contributed by atoms with Crippen LogP contribution in [0.5, 0.6) is 5.75 Å². The van der Waals surface area contributed by atoms with Crippen LogP contribution in [-0.2, 0) is 9.53 Å². The van der Waals surface area contributed by atoms with Gasteiger partial charge in [0.2, 0.25) is 11.9 Å². The SMILES string of the molecule is Nc1ncc(-c2ccc(NC(=O)c3ccc(OC(F)(F)F)c(NC(=O)CN4CCOCC4)c3)nc2)cn1. The summed E-state index contributed by atoms with van der Waals surface area (Å²) in [4.78, 5) is 39.0. The third-order valence-corrected chi connectivity index (χ3v) is 5.22. The van der Waals surface area contributed by atoms with Gasteiger partial charge in [0.05, 0.1) is 25.4 Å². The molecule has 2 aromatic heterocycles. The number of morpholine rings is 1. The van der Waals surface area contributed by atoms with Gasteiger partial charge in [0.1, 0.15) is 5.82 Å². The number of nitrogens with zero attached hydrogens (tertiary/aromatic N) is 4. The summed E-state index contributed by atoms with van der Waals surface area (Å²) in [5.41, 5.74) is 6.50. The number of carbonyl (C=O) groups excluding carboxylic acids is 2. The van der Waals surface area contributed by atoms with E-state index in [1.165, 1.54) is 24.7 Å². The second-order valence-electron chi connectivity index (χ2n) is 7.91. The zero-order chi connectivity index (χ0) is 26.4. The molecule has 0 spiro atoms. The van der Waals surface area contributed by atoms with E-state index >= 15 is 0 Å². The van der Waals surface area contributed by atoms with Gasteiger partial charge in [0.15, 0.2) is 5.75 Å². The fourth-order valence-electron chi connectivity index (χ4n) is 3.45. The summed E-state index contributed by atoms with van der Waals surface area (Å²) >= 11 is 0. The number of nitrogens with one attached hydrogen (secondary N) is 2. The molecule has 37 heavy (non-hydrogen) atoms. The average Bonchev–Trinajstić information content (AvgIpc) is 2.86. The number of amides is 2. The van der Waals surface area contributed by atoms with Gasteiger partial charge in [0.25, 0.3) is 5.91 Å². The van der Waals surface area contributed by atoms with Crippen LogP contribution in [0.4, 0.5) is 30.6 Å². The molecule has 1 aliphatic heterocycles. The van der Waals surface area contributed by atoms with Crippen molar-refractivity contribution in [2.24, 2.45) is 0 Å². The first-order chi connectivity index (χ1) is 17.7. The number of nitrogen functional groups attached to an aromatic ring is 1. The Labute approximate surface area is 208 Å². The molecule has 194 valence electrons. The molecule has 0 atom stereocenters. The first kappa shape index (κ1) is 25.8. The Morgan fingerprint density at radius 3 is 2.35 bits per heavy atom. The van der Waals surface area contributed by atoms with Gasteiger partial charge in [0, 0.05) is 48.4 Å².